The number of benzene rings is 1. The third kappa shape index (κ3) is 2.74. The molecule has 2 nitrogen and oxygen atoms in total. The van der Waals surface area contributed by atoms with Gasteiger partial charge in [-0.2, -0.15) is 18.4 Å². The van der Waals surface area contributed by atoms with E-state index < -0.39 is 11.7 Å². The minimum atomic E-state index is -4.46. The predicted octanol–water partition coefficient (Wildman–Crippen LogP) is 3.95. The minimum Gasteiger partial charge on any atom is -0.261 e. The number of aryl methyl sites for hydroxylation is 1. The van der Waals surface area contributed by atoms with Gasteiger partial charge in [-0.15, -0.1) is 0 Å². The van der Waals surface area contributed by atoms with Crippen LogP contribution in [0.4, 0.5) is 13.2 Å². The third-order valence-corrected chi connectivity index (χ3v) is 2.68. The van der Waals surface area contributed by atoms with Crippen molar-refractivity contribution in [1.82, 2.24) is 4.98 Å². The monoisotopic (exact) mass is 262 g/mol. The summed E-state index contributed by atoms with van der Waals surface area (Å²) in [5.74, 6) is 0. The van der Waals surface area contributed by atoms with E-state index in [9.17, 15) is 13.2 Å². The molecule has 0 aliphatic carbocycles. The summed E-state index contributed by atoms with van der Waals surface area (Å²) in [6.07, 6.45) is -3.09. The summed E-state index contributed by atoms with van der Waals surface area (Å²) in [4.78, 5) is 3.98. The molecule has 5 heteroatoms. The fraction of sp³-hybridized carbons (Fsp3) is 0.143. The molecule has 1 heterocycles. The van der Waals surface area contributed by atoms with Crippen LogP contribution in [0, 0.1) is 18.3 Å². The Bertz CT molecular complexity index is 637. The molecule has 2 aromatic rings. The molecule has 0 aliphatic heterocycles. The third-order valence-electron chi connectivity index (χ3n) is 2.68. The van der Waals surface area contributed by atoms with Gasteiger partial charge in [0.15, 0.2) is 0 Å². The van der Waals surface area contributed by atoms with Crippen molar-refractivity contribution >= 4 is 0 Å². The Morgan fingerprint density at radius 1 is 1.16 bits per heavy atom. The highest BCUT2D eigenvalue weighted by atomic mass is 19.4. The first-order valence-electron chi connectivity index (χ1n) is 5.46. The zero-order valence-corrected chi connectivity index (χ0v) is 9.99. The maximum Gasteiger partial charge on any atom is 0.417 e. The van der Waals surface area contributed by atoms with Crippen LogP contribution in [0.15, 0.2) is 36.5 Å². The molecule has 0 bridgehead atoms. The van der Waals surface area contributed by atoms with E-state index in [1.54, 1.807) is 19.1 Å². The van der Waals surface area contributed by atoms with Crippen molar-refractivity contribution in [3.63, 3.8) is 0 Å². The number of hydrogen-bond acceptors (Lipinski definition) is 2. The molecular formula is C14H9F3N2. The SMILES string of the molecule is Cc1ccc(-c2cc(C#N)ccc2C(F)(F)F)cn1. The van der Waals surface area contributed by atoms with Crippen molar-refractivity contribution in [1.29, 1.82) is 5.26 Å². The molecule has 0 saturated heterocycles. The van der Waals surface area contributed by atoms with Gasteiger partial charge in [-0.25, -0.2) is 0 Å². The zero-order chi connectivity index (χ0) is 14.0. The van der Waals surface area contributed by atoms with Crippen LogP contribution in [0.1, 0.15) is 16.8 Å². The molecule has 1 aromatic heterocycles. The molecule has 19 heavy (non-hydrogen) atoms. The number of hydrogen-bond donors (Lipinski definition) is 0. The molecule has 2 rings (SSSR count). The van der Waals surface area contributed by atoms with Crippen molar-refractivity contribution in [2.45, 2.75) is 13.1 Å². The maximum atomic E-state index is 12.9. The molecule has 1 aromatic carbocycles. The van der Waals surface area contributed by atoms with Crippen LogP contribution in [0.3, 0.4) is 0 Å². The van der Waals surface area contributed by atoms with Crippen LogP contribution in [0.5, 0.6) is 0 Å². The van der Waals surface area contributed by atoms with Gasteiger partial charge in [0.25, 0.3) is 0 Å². The Hall–Kier alpha value is -2.35. The maximum absolute atomic E-state index is 12.9. The van der Waals surface area contributed by atoms with Crippen LogP contribution < -0.4 is 0 Å². The topological polar surface area (TPSA) is 36.7 Å². The Labute approximate surface area is 108 Å². The van der Waals surface area contributed by atoms with Gasteiger partial charge in [0.2, 0.25) is 0 Å². The summed E-state index contributed by atoms with van der Waals surface area (Å²) in [7, 11) is 0. The van der Waals surface area contributed by atoms with Gasteiger partial charge in [-0.3, -0.25) is 4.98 Å². The van der Waals surface area contributed by atoms with Crippen molar-refractivity contribution in [3.8, 4) is 17.2 Å². The van der Waals surface area contributed by atoms with E-state index in [1.807, 2.05) is 6.07 Å². The standard InChI is InChI=1S/C14H9F3N2/c1-9-2-4-11(8-19-9)12-6-10(7-18)3-5-13(12)14(15,16)17/h2-6,8H,1H3. The fourth-order valence-corrected chi connectivity index (χ4v) is 1.73. The fourth-order valence-electron chi connectivity index (χ4n) is 1.73. The number of pyridine rings is 1. The van der Waals surface area contributed by atoms with Crippen molar-refractivity contribution in [2.75, 3.05) is 0 Å². The second-order valence-electron chi connectivity index (χ2n) is 4.06. The highest BCUT2D eigenvalue weighted by Crippen LogP contribution is 2.37. The van der Waals surface area contributed by atoms with Gasteiger partial charge in [0.05, 0.1) is 17.2 Å². The summed E-state index contributed by atoms with van der Waals surface area (Å²) in [5, 5.41) is 8.80. The molecule has 0 amide bonds. The second kappa shape index (κ2) is 4.73. The Kier molecular flexibility index (Phi) is 3.26. The van der Waals surface area contributed by atoms with E-state index in [1.165, 1.54) is 12.3 Å². The van der Waals surface area contributed by atoms with Crippen LogP contribution in [-0.2, 0) is 6.18 Å². The molecular weight excluding hydrogens is 253 g/mol. The van der Waals surface area contributed by atoms with Crippen molar-refractivity contribution < 1.29 is 13.2 Å². The Morgan fingerprint density at radius 3 is 2.42 bits per heavy atom. The average Bonchev–Trinajstić information content (AvgIpc) is 2.38. The molecule has 0 N–H and O–H groups in total. The zero-order valence-electron chi connectivity index (χ0n) is 9.99. The normalized spacial score (nSPS) is 11.1. The van der Waals surface area contributed by atoms with Crippen LogP contribution in [0.25, 0.3) is 11.1 Å². The first-order chi connectivity index (χ1) is 8.91. The number of rotatable bonds is 1. The lowest BCUT2D eigenvalue weighted by molar-refractivity contribution is -0.137. The summed E-state index contributed by atoms with van der Waals surface area (Å²) in [6, 6.07) is 8.35. The molecule has 0 saturated carbocycles. The molecule has 0 aliphatic rings. The van der Waals surface area contributed by atoms with Gasteiger partial charge in [0.1, 0.15) is 0 Å². The summed E-state index contributed by atoms with van der Waals surface area (Å²) in [5.41, 5.74) is 0.448. The molecule has 0 atom stereocenters. The number of nitriles is 1. The number of halogens is 3. The van der Waals surface area contributed by atoms with Crippen LogP contribution in [0.2, 0.25) is 0 Å². The van der Waals surface area contributed by atoms with Gasteiger partial charge < -0.3 is 0 Å². The Balaban J connectivity index is 2.66. The molecule has 96 valence electrons. The lowest BCUT2D eigenvalue weighted by Gasteiger charge is -2.13. The van der Waals surface area contributed by atoms with Crippen LogP contribution >= 0.6 is 0 Å². The predicted molar refractivity (Wildman–Crippen MR) is 64.1 cm³/mol. The Morgan fingerprint density at radius 2 is 1.89 bits per heavy atom. The van der Waals surface area contributed by atoms with E-state index in [4.69, 9.17) is 5.26 Å². The van der Waals surface area contributed by atoms with Gasteiger partial charge in [0, 0.05) is 17.5 Å². The molecule has 0 unspecified atom stereocenters. The van der Waals surface area contributed by atoms with E-state index in [0.717, 1.165) is 12.1 Å². The average molecular weight is 262 g/mol. The van der Waals surface area contributed by atoms with Crippen molar-refractivity contribution in [3.05, 3.63) is 53.3 Å². The summed E-state index contributed by atoms with van der Waals surface area (Å²) in [6.45, 7) is 1.75. The van der Waals surface area contributed by atoms with E-state index >= 15 is 0 Å². The number of nitrogens with zero attached hydrogens (tertiary/aromatic N) is 2. The minimum absolute atomic E-state index is 0.0287. The number of alkyl halides is 3. The highest BCUT2D eigenvalue weighted by molar-refractivity contribution is 5.69. The summed E-state index contributed by atoms with van der Waals surface area (Å²) < 4.78 is 38.8. The first-order valence-corrected chi connectivity index (χ1v) is 5.46. The lowest BCUT2D eigenvalue weighted by atomic mass is 9.98. The molecule has 0 fully saturated rings. The van der Waals surface area contributed by atoms with Gasteiger partial charge >= 0.3 is 6.18 Å². The molecule has 0 spiro atoms. The van der Waals surface area contributed by atoms with Gasteiger partial charge in [-0.1, -0.05) is 6.07 Å². The quantitative estimate of drug-likeness (QED) is 0.780. The highest BCUT2D eigenvalue weighted by Gasteiger charge is 2.33. The van der Waals surface area contributed by atoms with Crippen LogP contribution in [-0.4, -0.2) is 4.98 Å². The first kappa shape index (κ1) is 13.1. The van der Waals surface area contributed by atoms with Crippen molar-refractivity contribution in [2.24, 2.45) is 0 Å². The smallest absolute Gasteiger partial charge is 0.261 e. The largest absolute Gasteiger partial charge is 0.417 e. The van der Waals surface area contributed by atoms with E-state index in [-0.39, 0.29) is 11.1 Å². The lowest BCUT2D eigenvalue weighted by Crippen LogP contribution is -2.07. The van der Waals surface area contributed by atoms with E-state index in [0.29, 0.717) is 11.3 Å². The molecule has 0 radical (unpaired) electrons. The van der Waals surface area contributed by atoms with E-state index in [2.05, 4.69) is 4.98 Å². The number of aromatic nitrogens is 1. The summed E-state index contributed by atoms with van der Waals surface area (Å²) >= 11 is 0. The second-order valence-corrected chi connectivity index (χ2v) is 4.06. The van der Waals surface area contributed by atoms with Gasteiger partial charge in [-0.05, 0) is 36.8 Å².